The van der Waals surface area contributed by atoms with E-state index in [-0.39, 0.29) is 11.7 Å². The number of anilines is 1. The van der Waals surface area contributed by atoms with Crippen molar-refractivity contribution in [1.82, 2.24) is 0 Å². The zero-order valence-electron chi connectivity index (χ0n) is 10.9. The Balaban J connectivity index is 2.22. The average Bonchev–Trinajstić information content (AvgIpc) is 2.47. The number of nitrogens with zero attached hydrogens (tertiary/aromatic N) is 3. The van der Waals surface area contributed by atoms with Gasteiger partial charge in [0.1, 0.15) is 5.82 Å². The summed E-state index contributed by atoms with van der Waals surface area (Å²) in [5, 5.41) is 14.5. The van der Waals surface area contributed by atoms with Crippen molar-refractivity contribution in [3.8, 4) is 6.07 Å². The molecule has 0 amide bonds. The van der Waals surface area contributed by atoms with Crippen LogP contribution in [-0.4, -0.2) is 12.9 Å². The Morgan fingerprint density at radius 2 is 1.95 bits per heavy atom. The van der Waals surface area contributed by atoms with Crippen LogP contribution in [0.4, 0.5) is 10.1 Å². The van der Waals surface area contributed by atoms with Crippen molar-refractivity contribution in [2.24, 2.45) is 10.8 Å². The van der Waals surface area contributed by atoms with E-state index >= 15 is 0 Å². The lowest BCUT2D eigenvalue weighted by atomic mass is 10.2. The Morgan fingerprint density at radius 1 is 1.25 bits per heavy atom. The highest BCUT2D eigenvalue weighted by Gasteiger charge is 2.04. The normalized spacial score (nSPS) is 10.9. The molecule has 0 atom stereocenters. The van der Waals surface area contributed by atoms with Gasteiger partial charge in [0.25, 0.3) is 0 Å². The van der Waals surface area contributed by atoms with E-state index in [0.29, 0.717) is 11.1 Å². The van der Waals surface area contributed by atoms with Gasteiger partial charge < -0.3 is 5.73 Å². The van der Waals surface area contributed by atoms with Crippen LogP contribution >= 0.6 is 0 Å². The van der Waals surface area contributed by atoms with Gasteiger partial charge in [0, 0.05) is 12.6 Å². The van der Waals surface area contributed by atoms with Crippen LogP contribution in [0.5, 0.6) is 0 Å². The SMILES string of the molecule is CN(N=C(N)c1cccc(F)c1)c1ccc(C#N)cc1. The molecule has 2 aromatic rings. The van der Waals surface area contributed by atoms with Gasteiger partial charge in [-0.05, 0) is 36.4 Å². The zero-order chi connectivity index (χ0) is 14.5. The van der Waals surface area contributed by atoms with E-state index in [1.54, 1.807) is 48.5 Å². The Morgan fingerprint density at radius 3 is 2.55 bits per heavy atom. The minimum atomic E-state index is -0.360. The third-order valence-electron chi connectivity index (χ3n) is 2.75. The largest absolute Gasteiger partial charge is 0.382 e. The molecule has 0 radical (unpaired) electrons. The summed E-state index contributed by atoms with van der Waals surface area (Å²) < 4.78 is 13.1. The summed E-state index contributed by atoms with van der Waals surface area (Å²) in [6.45, 7) is 0. The van der Waals surface area contributed by atoms with E-state index in [1.165, 1.54) is 12.1 Å². The first kappa shape index (κ1) is 13.6. The van der Waals surface area contributed by atoms with Crippen LogP contribution < -0.4 is 10.7 Å². The van der Waals surface area contributed by atoms with Gasteiger partial charge in [-0.25, -0.2) is 4.39 Å². The molecule has 5 heteroatoms. The lowest BCUT2D eigenvalue weighted by Gasteiger charge is -2.14. The van der Waals surface area contributed by atoms with Gasteiger partial charge in [-0.15, -0.1) is 0 Å². The lowest BCUT2D eigenvalue weighted by Crippen LogP contribution is -2.20. The van der Waals surface area contributed by atoms with Crippen LogP contribution in [0.1, 0.15) is 11.1 Å². The standard InChI is InChI=1S/C15H13FN4/c1-20(14-7-5-11(10-17)6-8-14)19-15(18)12-3-2-4-13(16)9-12/h2-9H,1H3,(H2,18,19). The van der Waals surface area contributed by atoms with Crippen molar-refractivity contribution in [2.75, 3.05) is 12.1 Å². The Hall–Kier alpha value is -2.87. The third-order valence-corrected chi connectivity index (χ3v) is 2.75. The van der Waals surface area contributed by atoms with Gasteiger partial charge in [-0.2, -0.15) is 10.4 Å². The van der Waals surface area contributed by atoms with Crippen LogP contribution in [0.2, 0.25) is 0 Å². The van der Waals surface area contributed by atoms with Gasteiger partial charge in [-0.3, -0.25) is 5.01 Å². The maximum Gasteiger partial charge on any atom is 0.151 e. The average molecular weight is 268 g/mol. The Kier molecular flexibility index (Phi) is 3.96. The molecule has 0 bridgehead atoms. The second kappa shape index (κ2) is 5.85. The van der Waals surface area contributed by atoms with Gasteiger partial charge >= 0.3 is 0 Å². The fourth-order valence-corrected chi connectivity index (χ4v) is 1.68. The first-order valence-electron chi connectivity index (χ1n) is 5.94. The molecule has 4 nitrogen and oxygen atoms in total. The molecule has 0 saturated carbocycles. The van der Waals surface area contributed by atoms with Crippen LogP contribution in [0.15, 0.2) is 53.6 Å². The molecule has 2 N–H and O–H groups in total. The summed E-state index contributed by atoms with van der Waals surface area (Å²) in [7, 11) is 1.73. The third kappa shape index (κ3) is 3.12. The Labute approximate surface area is 116 Å². The van der Waals surface area contributed by atoms with Crippen molar-refractivity contribution in [3.63, 3.8) is 0 Å². The van der Waals surface area contributed by atoms with E-state index in [1.807, 2.05) is 6.07 Å². The number of rotatable bonds is 3. The molecule has 0 aliphatic rings. The molecule has 0 aliphatic heterocycles. The lowest BCUT2D eigenvalue weighted by molar-refractivity contribution is 0.627. The number of halogens is 1. The van der Waals surface area contributed by atoms with Gasteiger partial charge in [-0.1, -0.05) is 12.1 Å². The number of nitrogens with two attached hydrogens (primary N) is 1. The number of nitriles is 1. The molecule has 2 aromatic carbocycles. The fraction of sp³-hybridized carbons (Fsp3) is 0.0667. The van der Waals surface area contributed by atoms with E-state index in [0.717, 1.165) is 5.69 Å². The predicted octanol–water partition coefficient (Wildman–Crippen LogP) is 2.45. The highest BCUT2D eigenvalue weighted by atomic mass is 19.1. The summed E-state index contributed by atoms with van der Waals surface area (Å²) in [6.07, 6.45) is 0. The van der Waals surface area contributed by atoms with Crippen molar-refractivity contribution >= 4 is 11.5 Å². The van der Waals surface area contributed by atoms with Crippen LogP contribution in [0, 0.1) is 17.1 Å². The first-order valence-corrected chi connectivity index (χ1v) is 5.94. The number of benzene rings is 2. The quantitative estimate of drug-likeness (QED) is 0.528. The molecule has 0 aromatic heterocycles. The maximum atomic E-state index is 13.1. The first-order chi connectivity index (χ1) is 9.60. The van der Waals surface area contributed by atoms with Crippen LogP contribution in [0.3, 0.4) is 0 Å². The molecule has 20 heavy (non-hydrogen) atoms. The summed E-state index contributed by atoms with van der Waals surface area (Å²) in [5.41, 5.74) is 7.72. The van der Waals surface area contributed by atoms with E-state index in [4.69, 9.17) is 11.0 Å². The molecule has 0 aliphatic carbocycles. The zero-order valence-corrected chi connectivity index (χ0v) is 10.9. The summed E-state index contributed by atoms with van der Waals surface area (Å²) >= 11 is 0. The fourth-order valence-electron chi connectivity index (χ4n) is 1.68. The molecule has 100 valence electrons. The summed E-state index contributed by atoms with van der Waals surface area (Å²) in [6, 6.07) is 14.9. The molecule has 2 rings (SSSR count). The van der Waals surface area contributed by atoms with E-state index in [9.17, 15) is 4.39 Å². The minimum Gasteiger partial charge on any atom is -0.382 e. The second-order valence-electron chi connectivity index (χ2n) is 4.18. The number of hydrogen-bond donors (Lipinski definition) is 1. The minimum absolute atomic E-state index is 0.219. The van der Waals surface area contributed by atoms with Crippen molar-refractivity contribution in [1.29, 1.82) is 5.26 Å². The van der Waals surface area contributed by atoms with Crippen molar-refractivity contribution < 1.29 is 4.39 Å². The number of amidine groups is 1. The topological polar surface area (TPSA) is 65.4 Å². The van der Waals surface area contributed by atoms with Crippen LogP contribution in [0.25, 0.3) is 0 Å². The van der Waals surface area contributed by atoms with E-state index < -0.39 is 0 Å². The molecule has 0 heterocycles. The van der Waals surface area contributed by atoms with Gasteiger partial charge in [0.2, 0.25) is 0 Å². The monoisotopic (exact) mass is 268 g/mol. The van der Waals surface area contributed by atoms with Gasteiger partial charge in [0.05, 0.1) is 17.3 Å². The van der Waals surface area contributed by atoms with Crippen molar-refractivity contribution in [3.05, 3.63) is 65.5 Å². The molecule has 0 unspecified atom stereocenters. The second-order valence-corrected chi connectivity index (χ2v) is 4.18. The maximum absolute atomic E-state index is 13.1. The van der Waals surface area contributed by atoms with E-state index in [2.05, 4.69) is 5.10 Å². The molecule has 0 fully saturated rings. The summed E-state index contributed by atoms with van der Waals surface area (Å²) in [5.74, 6) is -0.141. The predicted molar refractivity (Wildman–Crippen MR) is 76.7 cm³/mol. The number of hydrazone groups is 1. The smallest absolute Gasteiger partial charge is 0.151 e. The summed E-state index contributed by atoms with van der Waals surface area (Å²) in [4.78, 5) is 0. The van der Waals surface area contributed by atoms with Crippen LogP contribution in [-0.2, 0) is 0 Å². The van der Waals surface area contributed by atoms with Gasteiger partial charge in [0.15, 0.2) is 5.84 Å². The highest BCUT2D eigenvalue weighted by Crippen LogP contribution is 2.14. The molecular weight excluding hydrogens is 255 g/mol. The van der Waals surface area contributed by atoms with Crippen molar-refractivity contribution in [2.45, 2.75) is 0 Å². The molecular formula is C15H13FN4. The highest BCUT2D eigenvalue weighted by molar-refractivity contribution is 5.97. The Bertz CT molecular complexity index is 671. The molecule has 0 spiro atoms. The number of hydrogen-bond acceptors (Lipinski definition) is 3. The molecule has 0 saturated heterocycles.